The highest BCUT2D eigenvalue weighted by Gasteiger charge is 2.38. The van der Waals surface area contributed by atoms with Gasteiger partial charge >= 0.3 is 11.9 Å². The van der Waals surface area contributed by atoms with Crippen LogP contribution in [-0.2, 0) is 19.1 Å². The standard InChI is InChI=1S/C9H15NO5/c1-5(6(11)12)10-7(13)9(2,3)8(14)15-4/h5H,1-4H3,(H,10,13)(H,11,12)/t5-/m0/s1. The van der Waals surface area contributed by atoms with Crippen molar-refractivity contribution in [1.29, 1.82) is 0 Å². The van der Waals surface area contributed by atoms with Gasteiger partial charge in [-0.15, -0.1) is 0 Å². The lowest BCUT2D eigenvalue weighted by molar-refractivity contribution is -0.157. The SMILES string of the molecule is COC(=O)C(C)(C)C(=O)N[C@@H](C)C(=O)O. The van der Waals surface area contributed by atoms with E-state index in [1.165, 1.54) is 20.8 Å². The monoisotopic (exact) mass is 217 g/mol. The lowest BCUT2D eigenvalue weighted by atomic mass is 9.92. The molecule has 0 radical (unpaired) electrons. The summed E-state index contributed by atoms with van der Waals surface area (Å²) in [4.78, 5) is 33.2. The van der Waals surface area contributed by atoms with Crippen LogP contribution in [-0.4, -0.2) is 36.1 Å². The summed E-state index contributed by atoms with van der Waals surface area (Å²) in [6.07, 6.45) is 0. The largest absolute Gasteiger partial charge is 0.480 e. The fraction of sp³-hybridized carbons (Fsp3) is 0.667. The van der Waals surface area contributed by atoms with Crippen molar-refractivity contribution in [3.8, 4) is 0 Å². The first-order valence-corrected chi connectivity index (χ1v) is 4.35. The maximum Gasteiger partial charge on any atom is 0.325 e. The van der Waals surface area contributed by atoms with Crippen molar-refractivity contribution in [3.63, 3.8) is 0 Å². The first-order chi connectivity index (χ1) is 6.73. The van der Waals surface area contributed by atoms with Gasteiger partial charge in [0, 0.05) is 0 Å². The van der Waals surface area contributed by atoms with Gasteiger partial charge in [0.15, 0.2) is 0 Å². The fourth-order valence-electron chi connectivity index (χ4n) is 0.787. The predicted octanol–water partition coefficient (Wildman–Crippen LogP) is -0.225. The Labute approximate surface area is 87.6 Å². The number of carboxylic acids is 1. The van der Waals surface area contributed by atoms with Crippen LogP contribution in [0.15, 0.2) is 0 Å². The topological polar surface area (TPSA) is 92.7 Å². The number of amides is 1. The van der Waals surface area contributed by atoms with E-state index in [1.54, 1.807) is 0 Å². The van der Waals surface area contributed by atoms with Crippen molar-refractivity contribution in [1.82, 2.24) is 5.32 Å². The summed E-state index contributed by atoms with van der Waals surface area (Å²) in [6, 6.07) is -1.04. The van der Waals surface area contributed by atoms with E-state index in [0.717, 1.165) is 7.11 Å². The molecule has 0 aromatic rings. The van der Waals surface area contributed by atoms with E-state index < -0.39 is 29.3 Å². The number of rotatable bonds is 4. The van der Waals surface area contributed by atoms with E-state index in [-0.39, 0.29) is 0 Å². The molecule has 0 fully saturated rings. The molecule has 0 saturated carbocycles. The second-order valence-electron chi connectivity index (χ2n) is 3.65. The number of carboxylic acid groups (broad SMARTS) is 1. The lowest BCUT2D eigenvalue weighted by Crippen LogP contribution is -2.48. The second-order valence-corrected chi connectivity index (χ2v) is 3.65. The maximum absolute atomic E-state index is 11.5. The minimum absolute atomic E-state index is 0.677. The Kier molecular flexibility index (Phi) is 4.26. The molecule has 15 heavy (non-hydrogen) atoms. The van der Waals surface area contributed by atoms with Gasteiger partial charge in [-0.3, -0.25) is 14.4 Å². The third-order valence-corrected chi connectivity index (χ3v) is 1.98. The Balaban J connectivity index is 4.58. The van der Waals surface area contributed by atoms with Crippen molar-refractivity contribution in [2.45, 2.75) is 26.8 Å². The van der Waals surface area contributed by atoms with Crippen LogP contribution in [0.4, 0.5) is 0 Å². The molecule has 0 aliphatic carbocycles. The van der Waals surface area contributed by atoms with Gasteiger partial charge < -0.3 is 15.2 Å². The van der Waals surface area contributed by atoms with Gasteiger partial charge in [0.05, 0.1) is 7.11 Å². The lowest BCUT2D eigenvalue weighted by Gasteiger charge is -2.21. The summed E-state index contributed by atoms with van der Waals surface area (Å²) in [5.41, 5.74) is -1.39. The Morgan fingerprint density at radius 3 is 2.13 bits per heavy atom. The molecule has 2 N–H and O–H groups in total. The predicted molar refractivity (Wildman–Crippen MR) is 51.0 cm³/mol. The van der Waals surface area contributed by atoms with Gasteiger partial charge in [-0.05, 0) is 20.8 Å². The van der Waals surface area contributed by atoms with Crippen LogP contribution in [0.1, 0.15) is 20.8 Å². The summed E-state index contributed by atoms with van der Waals surface area (Å²) in [6.45, 7) is 4.04. The van der Waals surface area contributed by atoms with Gasteiger partial charge in [-0.25, -0.2) is 0 Å². The van der Waals surface area contributed by atoms with Gasteiger partial charge in [0.1, 0.15) is 11.5 Å². The molecule has 1 atom stereocenters. The third-order valence-electron chi connectivity index (χ3n) is 1.98. The zero-order chi connectivity index (χ0) is 12.2. The zero-order valence-electron chi connectivity index (χ0n) is 9.16. The Morgan fingerprint density at radius 2 is 1.80 bits per heavy atom. The van der Waals surface area contributed by atoms with Crippen LogP contribution in [0.25, 0.3) is 0 Å². The van der Waals surface area contributed by atoms with Crippen LogP contribution >= 0.6 is 0 Å². The summed E-state index contributed by atoms with van der Waals surface area (Å²) in [5, 5.41) is 10.8. The maximum atomic E-state index is 11.5. The molecule has 86 valence electrons. The van der Waals surface area contributed by atoms with E-state index in [2.05, 4.69) is 10.1 Å². The Hall–Kier alpha value is -1.59. The number of carbonyl (C=O) groups is 3. The highest BCUT2D eigenvalue weighted by atomic mass is 16.5. The average Bonchev–Trinajstić information content (AvgIpc) is 2.15. The molecule has 0 aromatic carbocycles. The minimum atomic E-state index is -1.39. The Bertz CT molecular complexity index is 284. The first kappa shape index (κ1) is 13.4. The van der Waals surface area contributed by atoms with Crippen LogP contribution in [0.3, 0.4) is 0 Å². The molecule has 0 saturated heterocycles. The summed E-state index contributed by atoms with van der Waals surface area (Å²) in [5.74, 6) is -2.55. The molecule has 0 aliphatic heterocycles. The van der Waals surface area contributed by atoms with Crippen LogP contribution in [0.5, 0.6) is 0 Å². The van der Waals surface area contributed by atoms with Crippen molar-refractivity contribution in [2.75, 3.05) is 7.11 Å². The van der Waals surface area contributed by atoms with Crippen LogP contribution in [0.2, 0.25) is 0 Å². The van der Waals surface area contributed by atoms with Gasteiger partial charge in [0.2, 0.25) is 5.91 Å². The van der Waals surface area contributed by atoms with E-state index in [9.17, 15) is 14.4 Å². The van der Waals surface area contributed by atoms with Crippen molar-refractivity contribution < 1.29 is 24.2 Å². The molecule has 6 nitrogen and oxygen atoms in total. The molecule has 0 spiro atoms. The smallest absolute Gasteiger partial charge is 0.325 e. The van der Waals surface area contributed by atoms with Crippen molar-refractivity contribution >= 4 is 17.8 Å². The molecule has 0 bridgehead atoms. The third kappa shape index (κ3) is 3.23. The molecule has 0 aliphatic rings. The minimum Gasteiger partial charge on any atom is -0.480 e. The molecule has 0 aromatic heterocycles. The zero-order valence-corrected chi connectivity index (χ0v) is 9.16. The normalized spacial score (nSPS) is 12.8. The first-order valence-electron chi connectivity index (χ1n) is 4.35. The molecular weight excluding hydrogens is 202 g/mol. The number of nitrogens with one attached hydrogen (secondary N) is 1. The summed E-state index contributed by atoms with van der Waals surface area (Å²) < 4.78 is 4.43. The molecular formula is C9H15NO5. The van der Waals surface area contributed by atoms with Crippen LogP contribution in [0, 0.1) is 5.41 Å². The summed E-state index contributed by atoms with van der Waals surface area (Å²) >= 11 is 0. The Morgan fingerprint density at radius 1 is 1.33 bits per heavy atom. The molecule has 6 heteroatoms. The summed E-state index contributed by atoms with van der Waals surface area (Å²) in [7, 11) is 1.16. The van der Waals surface area contributed by atoms with E-state index in [4.69, 9.17) is 5.11 Å². The van der Waals surface area contributed by atoms with E-state index in [0.29, 0.717) is 0 Å². The molecule has 1 amide bonds. The number of carbonyl (C=O) groups excluding carboxylic acids is 2. The quantitative estimate of drug-likeness (QED) is 0.501. The fourth-order valence-corrected chi connectivity index (χ4v) is 0.787. The highest BCUT2D eigenvalue weighted by molar-refractivity contribution is 6.02. The number of hydrogen-bond acceptors (Lipinski definition) is 4. The molecule has 0 heterocycles. The van der Waals surface area contributed by atoms with Crippen molar-refractivity contribution in [2.24, 2.45) is 5.41 Å². The van der Waals surface area contributed by atoms with Crippen molar-refractivity contribution in [3.05, 3.63) is 0 Å². The average molecular weight is 217 g/mol. The van der Waals surface area contributed by atoms with Gasteiger partial charge in [-0.2, -0.15) is 0 Å². The molecule has 0 unspecified atom stereocenters. The highest BCUT2D eigenvalue weighted by Crippen LogP contribution is 2.17. The van der Waals surface area contributed by atoms with E-state index >= 15 is 0 Å². The number of aliphatic carboxylic acids is 1. The van der Waals surface area contributed by atoms with Gasteiger partial charge in [0.25, 0.3) is 0 Å². The van der Waals surface area contributed by atoms with Crippen LogP contribution < -0.4 is 5.32 Å². The second kappa shape index (κ2) is 4.77. The number of ether oxygens (including phenoxy) is 1. The number of hydrogen-bond donors (Lipinski definition) is 2. The molecule has 0 rings (SSSR count). The number of methoxy groups -OCH3 is 1. The van der Waals surface area contributed by atoms with E-state index in [1.807, 2.05) is 0 Å². The number of esters is 1. The van der Waals surface area contributed by atoms with Gasteiger partial charge in [-0.1, -0.05) is 0 Å².